The summed E-state index contributed by atoms with van der Waals surface area (Å²) in [6, 6.07) is 5.95. The highest BCUT2D eigenvalue weighted by Gasteiger charge is 2.48. The number of amides is 1. The van der Waals surface area contributed by atoms with E-state index in [1.165, 1.54) is 18.2 Å². The van der Waals surface area contributed by atoms with E-state index in [1.807, 2.05) is 0 Å². The first-order valence-corrected chi connectivity index (χ1v) is 7.25. The lowest BCUT2D eigenvalue weighted by atomic mass is 10.2. The Morgan fingerprint density at radius 2 is 1.90 bits per heavy atom. The van der Waals surface area contributed by atoms with E-state index in [0.29, 0.717) is 12.1 Å². The molecule has 1 aliphatic carbocycles. The maximum absolute atomic E-state index is 11.7. The van der Waals surface area contributed by atoms with Crippen LogP contribution in [0.5, 0.6) is 0 Å². The molecule has 1 amide bonds. The molecule has 2 atom stereocenters. The van der Waals surface area contributed by atoms with E-state index in [1.54, 1.807) is 6.07 Å². The van der Waals surface area contributed by atoms with Crippen molar-refractivity contribution in [2.75, 3.05) is 10.0 Å². The summed E-state index contributed by atoms with van der Waals surface area (Å²) < 4.78 is 23.8. The SMILES string of the molecule is NS(=O)(=O)Nc1cccc(NC(=O)[C@@H]2C[C@@H]2C(=O)O)c1. The van der Waals surface area contributed by atoms with Gasteiger partial charge in [-0.15, -0.1) is 0 Å². The van der Waals surface area contributed by atoms with Crippen LogP contribution in [0.1, 0.15) is 6.42 Å². The van der Waals surface area contributed by atoms with Crippen molar-refractivity contribution in [3.05, 3.63) is 24.3 Å². The number of aliphatic carboxylic acids is 1. The monoisotopic (exact) mass is 299 g/mol. The maximum Gasteiger partial charge on any atom is 0.307 e. The molecule has 20 heavy (non-hydrogen) atoms. The number of nitrogens with one attached hydrogen (secondary N) is 2. The lowest BCUT2D eigenvalue weighted by Crippen LogP contribution is -2.22. The van der Waals surface area contributed by atoms with E-state index in [-0.39, 0.29) is 5.69 Å². The number of rotatable bonds is 5. The number of benzene rings is 1. The van der Waals surface area contributed by atoms with Crippen molar-refractivity contribution in [1.82, 2.24) is 0 Å². The third kappa shape index (κ3) is 3.68. The molecule has 1 aromatic rings. The molecule has 0 saturated heterocycles. The molecule has 108 valence electrons. The summed E-state index contributed by atoms with van der Waals surface area (Å²) in [5, 5.41) is 16.1. The number of hydrogen-bond acceptors (Lipinski definition) is 4. The summed E-state index contributed by atoms with van der Waals surface area (Å²) in [7, 11) is -3.89. The Hall–Kier alpha value is -2.13. The Labute approximate surface area is 115 Å². The number of carbonyl (C=O) groups excluding carboxylic acids is 1. The topological polar surface area (TPSA) is 139 Å². The summed E-state index contributed by atoms with van der Waals surface area (Å²) in [6.07, 6.45) is 0.316. The van der Waals surface area contributed by atoms with Gasteiger partial charge in [-0.05, 0) is 24.6 Å². The molecule has 0 spiro atoms. The maximum atomic E-state index is 11.7. The minimum absolute atomic E-state index is 0.205. The molecular formula is C11H13N3O5S. The zero-order valence-corrected chi connectivity index (χ0v) is 11.1. The van der Waals surface area contributed by atoms with Gasteiger partial charge in [-0.3, -0.25) is 14.3 Å². The Kier molecular flexibility index (Phi) is 3.64. The molecular weight excluding hydrogens is 286 g/mol. The fourth-order valence-corrected chi connectivity index (χ4v) is 2.27. The second-order valence-electron chi connectivity index (χ2n) is 4.50. The van der Waals surface area contributed by atoms with Crippen LogP contribution in [0.2, 0.25) is 0 Å². The van der Waals surface area contributed by atoms with E-state index < -0.39 is 33.9 Å². The Bertz CT molecular complexity index is 658. The van der Waals surface area contributed by atoms with Gasteiger partial charge in [0.25, 0.3) is 10.2 Å². The smallest absolute Gasteiger partial charge is 0.307 e. The Morgan fingerprint density at radius 3 is 2.45 bits per heavy atom. The van der Waals surface area contributed by atoms with Crippen LogP contribution in [0.25, 0.3) is 0 Å². The Balaban J connectivity index is 2.02. The summed E-state index contributed by atoms with van der Waals surface area (Å²) in [5.41, 5.74) is 0.565. The Morgan fingerprint density at radius 1 is 1.25 bits per heavy atom. The molecule has 2 rings (SSSR count). The minimum atomic E-state index is -3.89. The quantitative estimate of drug-likeness (QED) is 0.604. The third-order valence-corrected chi connectivity index (χ3v) is 3.35. The van der Waals surface area contributed by atoms with Gasteiger partial charge >= 0.3 is 5.97 Å². The van der Waals surface area contributed by atoms with Crippen molar-refractivity contribution in [3.8, 4) is 0 Å². The van der Waals surface area contributed by atoms with E-state index >= 15 is 0 Å². The molecule has 8 nitrogen and oxygen atoms in total. The summed E-state index contributed by atoms with van der Waals surface area (Å²) in [5.74, 6) is -2.57. The van der Waals surface area contributed by atoms with Crippen LogP contribution in [0.15, 0.2) is 24.3 Å². The van der Waals surface area contributed by atoms with Gasteiger partial charge in [0.1, 0.15) is 0 Å². The summed E-state index contributed by atoms with van der Waals surface area (Å²) >= 11 is 0. The van der Waals surface area contributed by atoms with E-state index in [4.69, 9.17) is 10.2 Å². The molecule has 0 aliphatic heterocycles. The molecule has 0 bridgehead atoms. The molecule has 0 unspecified atom stereocenters. The van der Waals surface area contributed by atoms with Gasteiger partial charge < -0.3 is 10.4 Å². The van der Waals surface area contributed by atoms with E-state index in [2.05, 4.69) is 10.0 Å². The van der Waals surface area contributed by atoms with Gasteiger partial charge in [0.2, 0.25) is 5.91 Å². The molecule has 1 fully saturated rings. The first-order valence-electron chi connectivity index (χ1n) is 5.70. The normalized spacial score (nSPS) is 21.1. The molecule has 0 aromatic heterocycles. The van der Waals surface area contributed by atoms with Crippen LogP contribution in [0.4, 0.5) is 11.4 Å². The average Bonchev–Trinajstić information content (AvgIpc) is 3.06. The van der Waals surface area contributed by atoms with Crippen molar-refractivity contribution in [3.63, 3.8) is 0 Å². The van der Waals surface area contributed by atoms with Crippen LogP contribution < -0.4 is 15.2 Å². The van der Waals surface area contributed by atoms with Gasteiger partial charge in [-0.1, -0.05) is 6.07 Å². The lowest BCUT2D eigenvalue weighted by molar-refractivity contribution is -0.139. The number of carbonyl (C=O) groups is 2. The number of carboxylic acid groups (broad SMARTS) is 1. The molecule has 1 aliphatic rings. The summed E-state index contributed by atoms with van der Waals surface area (Å²) in [6.45, 7) is 0. The molecule has 5 N–H and O–H groups in total. The number of carboxylic acids is 1. The van der Waals surface area contributed by atoms with Crippen molar-refractivity contribution in [2.45, 2.75) is 6.42 Å². The number of hydrogen-bond donors (Lipinski definition) is 4. The minimum Gasteiger partial charge on any atom is -0.481 e. The highest BCUT2D eigenvalue weighted by molar-refractivity contribution is 7.90. The van der Waals surface area contributed by atoms with Gasteiger partial charge in [-0.2, -0.15) is 8.42 Å². The van der Waals surface area contributed by atoms with Crippen molar-refractivity contribution in [1.29, 1.82) is 0 Å². The standard InChI is InChI=1S/C11H13N3O5S/c12-20(18,19)14-7-3-1-2-6(4-7)13-10(15)8-5-9(8)11(16)17/h1-4,8-9,14H,5H2,(H,13,15)(H,16,17)(H2,12,18,19)/t8-,9+/m1/s1. The van der Waals surface area contributed by atoms with E-state index in [0.717, 1.165) is 0 Å². The fraction of sp³-hybridized carbons (Fsp3) is 0.273. The van der Waals surface area contributed by atoms with Crippen LogP contribution in [-0.2, 0) is 19.8 Å². The zero-order chi connectivity index (χ0) is 14.9. The lowest BCUT2D eigenvalue weighted by Gasteiger charge is -2.07. The van der Waals surface area contributed by atoms with Crippen molar-refractivity contribution < 1.29 is 23.1 Å². The van der Waals surface area contributed by atoms with E-state index in [9.17, 15) is 18.0 Å². The number of anilines is 2. The van der Waals surface area contributed by atoms with Gasteiger partial charge in [0.15, 0.2) is 0 Å². The van der Waals surface area contributed by atoms with Gasteiger partial charge in [0.05, 0.1) is 17.5 Å². The second-order valence-corrected chi connectivity index (χ2v) is 5.80. The predicted octanol–water partition coefficient (Wildman–Crippen LogP) is -0.0388. The largest absolute Gasteiger partial charge is 0.481 e. The predicted molar refractivity (Wildman–Crippen MR) is 71.0 cm³/mol. The average molecular weight is 299 g/mol. The van der Waals surface area contributed by atoms with Crippen LogP contribution in [0, 0.1) is 11.8 Å². The third-order valence-electron chi connectivity index (χ3n) is 2.83. The van der Waals surface area contributed by atoms with Gasteiger partial charge in [-0.25, -0.2) is 5.14 Å². The molecule has 1 aromatic carbocycles. The van der Waals surface area contributed by atoms with Crippen molar-refractivity contribution in [2.24, 2.45) is 17.0 Å². The molecule has 0 heterocycles. The first kappa shape index (κ1) is 14.3. The van der Waals surface area contributed by atoms with Crippen molar-refractivity contribution >= 4 is 33.5 Å². The van der Waals surface area contributed by atoms with Crippen LogP contribution >= 0.6 is 0 Å². The molecule has 0 radical (unpaired) electrons. The van der Waals surface area contributed by atoms with Gasteiger partial charge in [0, 0.05) is 5.69 Å². The zero-order valence-electron chi connectivity index (χ0n) is 10.2. The summed E-state index contributed by atoms with van der Waals surface area (Å²) in [4.78, 5) is 22.4. The highest BCUT2D eigenvalue weighted by Crippen LogP contribution is 2.39. The molecule has 9 heteroatoms. The highest BCUT2D eigenvalue weighted by atomic mass is 32.2. The van der Waals surface area contributed by atoms with Crippen LogP contribution in [-0.4, -0.2) is 25.4 Å². The second kappa shape index (κ2) is 5.10. The first-order chi connectivity index (χ1) is 9.26. The van der Waals surface area contributed by atoms with Crippen LogP contribution in [0.3, 0.4) is 0 Å². The number of nitrogens with two attached hydrogens (primary N) is 1. The molecule has 1 saturated carbocycles. The fourth-order valence-electron chi connectivity index (χ4n) is 1.82.